The quantitative estimate of drug-likeness (QED) is 0.463. The molecule has 4 heteroatoms. The van der Waals surface area contributed by atoms with Crippen molar-refractivity contribution in [1.29, 1.82) is 0 Å². The van der Waals surface area contributed by atoms with Crippen molar-refractivity contribution in [3.05, 3.63) is 29.8 Å². The fourth-order valence-corrected chi connectivity index (χ4v) is 1.70. The van der Waals surface area contributed by atoms with Gasteiger partial charge in [0.05, 0.1) is 6.54 Å². The van der Waals surface area contributed by atoms with E-state index in [-0.39, 0.29) is 0 Å². The zero-order valence-electron chi connectivity index (χ0n) is 12.0. The maximum atomic E-state index is 5.65. The number of nitrogens with zero attached hydrogens (tertiary/aromatic N) is 3. The fraction of sp³-hybridized carbons (Fsp3) is 0.500. The van der Waals surface area contributed by atoms with Gasteiger partial charge in [-0.15, -0.1) is 0 Å². The van der Waals surface area contributed by atoms with Crippen LogP contribution >= 0.6 is 0 Å². The van der Waals surface area contributed by atoms with Gasteiger partial charge in [-0.2, -0.15) is 0 Å². The third-order valence-corrected chi connectivity index (χ3v) is 2.40. The van der Waals surface area contributed by atoms with Crippen LogP contribution in [0.4, 0.5) is 0 Å². The largest absolute Gasteiger partial charge is 0.492 e. The highest BCUT2D eigenvalue weighted by atomic mass is 16.5. The molecule has 0 heterocycles. The second-order valence-electron chi connectivity index (χ2n) is 4.64. The molecule has 0 aliphatic rings. The Morgan fingerprint density at radius 1 is 1.17 bits per heavy atom. The highest BCUT2D eigenvalue weighted by Crippen LogP contribution is 2.11. The number of rotatable bonds is 4. The Morgan fingerprint density at radius 2 is 1.83 bits per heavy atom. The second-order valence-corrected chi connectivity index (χ2v) is 4.64. The summed E-state index contributed by atoms with van der Waals surface area (Å²) in [6.45, 7) is 3.30. The first-order valence-electron chi connectivity index (χ1n) is 6.09. The SMILES string of the molecule is Cc1cccc(OCCN=C(N(C)C)N(C)C)c1. The van der Waals surface area contributed by atoms with E-state index in [2.05, 4.69) is 18.0 Å². The van der Waals surface area contributed by atoms with E-state index in [1.807, 2.05) is 56.2 Å². The predicted octanol–water partition coefficient (Wildman–Crippen LogP) is 1.85. The average Bonchev–Trinajstić information content (AvgIpc) is 2.27. The van der Waals surface area contributed by atoms with Gasteiger partial charge in [0, 0.05) is 28.2 Å². The van der Waals surface area contributed by atoms with Crippen molar-refractivity contribution in [1.82, 2.24) is 9.80 Å². The van der Waals surface area contributed by atoms with Crippen LogP contribution in [-0.4, -0.2) is 57.1 Å². The zero-order chi connectivity index (χ0) is 13.5. The first kappa shape index (κ1) is 14.4. The highest BCUT2D eigenvalue weighted by molar-refractivity contribution is 5.79. The Morgan fingerprint density at radius 3 is 2.39 bits per heavy atom. The number of aryl methyl sites for hydroxylation is 1. The van der Waals surface area contributed by atoms with Gasteiger partial charge >= 0.3 is 0 Å². The van der Waals surface area contributed by atoms with Crippen LogP contribution in [0.3, 0.4) is 0 Å². The molecule has 4 nitrogen and oxygen atoms in total. The lowest BCUT2D eigenvalue weighted by Crippen LogP contribution is -2.35. The molecule has 0 bridgehead atoms. The van der Waals surface area contributed by atoms with E-state index in [9.17, 15) is 0 Å². The van der Waals surface area contributed by atoms with Gasteiger partial charge in [-0.3, -0.25) is 0 Å². The Bertz CT molecular complexity index is 390. The van der Waals surface area contributed by atoms with Crippen LogP contribution in [0.2, 0.25) is 0 Å². The van der Waals surface area contributed by atoms with Crippen LogP contribution in [0.5, 0.6) is 5.75 Å². The van der Waals surface area contributed by atoms with Gasteiger partial charge in [-0.05, 0) is 24.6 Å². The summed E-state index contributed by atoms with van der Waals surface area (Å²) in [7, 11) is 7.95. The molecular weight excluding hydrogens is 226 g/mol. The summed E-state index contributed by atoms with van der Waals surface area (Å²) < 4.78 is 5.65. The Labute approximate surface area is 110 Å². The van der Waals surface area contributed by atoms with Crippen LogP contribution in [-0.2, 0) is 0 Å². The summed E-state index contributed by atoms with van der Waals surface area (Å²) in [6.07, 6.45) is 0. The maximum absolute atomic E-state index is 5.65. The van der Waals surface area contributed by atoms with Gasteiger partial charge < -0.3 is 14.5 Å². The molecule has 1 aromatic carbocycles. The molecule has 0 atom stereocenters. The summed E-state index contributed by atoms with van der Waals surface area (Å²) in [6, 6.07) is 8.05. The van der Waals surface area contributed by atoms with Crippen LogP contribution in [0.15, 0.2) is 29.3 Å². The summed E-state index contributed by atoms with van der Waals surface area (Å²) in [5.74, 6) is 1.85. The highest BCUT2D eigenvalue weighted by Gasteiger charge is 2.03. The van der Waals surface area contributed by atoms with Crippen molar-refractivity contribution >= 4 is 5.96 Å². The number of hydrogen-bond acceptors (Lipinski definition) is 2. The number of guanidine groups is 1. The number of hydrogen-bond donors (Lipinski definition) is 0. The minimum absolute atomic E-state index is 0.592. The first-order chi connectivity index (χ1) is 8.50. The molecule has 0 saturated heterocycles. The summed E-state index contributed by atoms with van der Waals surface area (Å²) in [4.78, 5) is 8.49. The third-order valence-electron chi connectivity index (χ3n) is 2.40. The van der Waals surface area contributed by atoms with Gasteiger partial charge in [0.15, 0.2) is 5.96 Å². The number of benzene rings is 1. The molecule has 0 saturated carbocycles. The smallest absolute Gasteiger partial charge is 0.195 e. The second kappa shape index (κ2) is 6.89. The molecule has 0 fully saturated rings. The van der Waals surface area contributed by atoms with Crippen molar-refractivity contribution in [2.75, 3.05) is 41.3 Å². The Hall–Kier alpha value is -1.71. The van der Waals surface area contributed by atoms with Crippen molar-refractivity contribution in [3.8, 4) is 5.75 Å². The lowest BCUT2D eigenvalue weighted by Gasteiger charge is -2.22. The topological polar surface area (TPSA) is 28.1 Å². The summed E-state index contributed by atoms with van der Waals surface area (Å²) in [5.41, 5.74) is 1.21. The molecule has 18 heavy (non-hydrogen) atoms. The number of aliphatic imine (C=N–C) groups is 1. The van der Waals surface area contributed by atoms with Crippen LogP contribution in [0.25, 0.3) is 0 Å². The normalized spacial score (nSPS) is 9.83. The van der Waals surface area contributed by atoms with Crippen molar-refractivity contribution in [3.63, 3.8) is 0 Å². The minimum atomic E-state index is 0.592. The molecular formula is C14H23N3O. The van der Waals surface area contributed by atoms with E-state index in [1.165, 1.54) is 5.56 Å². The molecule has 0 aliphatic heterocycles. The van der Waals surface area contributed by atoms with E-state index in [0.717, 1.165) is 11.7 Å². The van der Waals surface area contributed by atoms with E-state index < -0.39 is 0 Å². The zero-order valence-corrected chi connectivity index (χ0v) is 12.0. The van der Waals surface area contributed by atoms with E-state index in [4.69, 9.17) is 4.74 Å². The van der Waals surface area contributed by atoms with E-state index in [1.54, 1.807) is 0 Å². The van der Waals surface area contributed by atoms with Crippen molar-refractivity contribution in [2.24, 2.45) is 4.99 Å². The van der Waals surface area contributed by atoms with E-state index in [0.29, 0.717) is 13.2 Å². The summed E-state index contributed by atoms with van der Waals surface area (Å²) in [5, 5.41) is 0. The molecule has 100 valence electrons. The molecule has 1 aromatic rings. The molecule has 0 unspecified atom stereocenters. The molecule has 0 aromatic heterocycles. The summed E-state index contributed by atoms with van der Waals surface area (Å²) >= 11 is 0. The standard InChI is InChI=1S/C14H23N3O/c1-12-7-6-8-13(11-12)18-10-9-15-14(16(2)3)17(4)5/h6-8,11H,9-10H2,1-5H3. The van der Waals surface area contributed by atoms with Crippen molar-refractivity contribution in [2.45, 2.75) is 6.92 Å². The third kappa shape index (κ3) is 4.65. The van der Waals surface area contributed by atoms with Gasteiger partial charge in [0.2, 0.25) is 0 Å². The molecule has 0 spiro atoms. The molecule has 1 rings (SSSR count). The van der Waals surface area contributed by atoms with Gasteiger partial charge in [-0.1, -0.05) is 12.1 Å². The van der Waals surface area contributed by atoms with Gasteiger partial charge in [0.1, 0.15) is 12.4 Å². The maximum Gasteiger partial charge on any atom is 0.195 e. The van der Waals surface area contributed by atoms with Gasteiger partial charge in [-0.25, -0.2) is 4.99 Å². The Balaban J connectivity index is 2.44. The fourth-order valence-electron chi connectivity index (χ4n) is 1.70. The lowest BCUT2D eigenvalue weighted by atomic mass is 10.2. The monoisotopic (exact) mass is 249 g/mol. The first-order valence-corrected chi connectivity index (χ1v) is 6.09. The number of ether oxygens (including phenoxy) is 1. The predicted molar refractivity (Wildman–Crippen MR) is 76.4 cm³/mol. The average molecular weight is 249 g/mol. The van der Waals surface area contributed by atoms with E-state index >= 15 is 0 Å². The van der Waals surface area contributed by atoms with Crippen LogP contribution in [0, 0.1) is 6.92 Å². The molecule has 0 N–H and O–H groups in total. The molecule has 0 amide bonds. The van der Waals surface area contributed by atoms with Gasteiger partial charge in [0.25, 0.3) is 0 Å². The lowest BCUT2D eigenvalue weighted by molar-refractivity contribution is 0.326. The molecule has 0 aliphatic carbocycles. The van der Waals surface area contributed by atoms with Crippen molar-refractivity contribution < 1.29 is 4.74 Å². The minimum Gasteiger partial charge on any atom is -0.492 e. The van der Waals surface area contributed by atoms with Crippen LogP contribution < -0.4 is 4.74 Å². The Kier molecular flexibility index (Phi) is 5.49. The molecule has 0 radical (unpaired) electrons. The van der Waals surface area contributed by atoms with Crippen LogP contribution in [0.1, 0.15) is 5.56 Å².